The van der Waals surface area contributed by atoms with E-state index in [1.54, 1.807) is 36.4 Å². The van der Waals surface area contributed by atoms with Gasteiger partial charge in [0.1, 0.15) is 6.04 Å². The van der Waals surface area contributed by atoms with Crippen LogP contribution in [0.15, 0.2) is 48.5 Å². The maximum atomic E-state index is 13.1. The van der Waals surface area contributed by atoms with Crippen molar-refractivity contribution in [1.82, 2.24) is 5.32 Å². The Morgan fingerprint density at radius 1 is 1.10 bits per heavy atom. The molecule has 158 valence electrons. The Hall–Kier alpha value is -3.19. The maximum absolute atomic E-state index is 13.1. The number of nitrogens with one attached hydrogen (secondary N) is 2. The summed E-state index contributed by atoms with van der Waals surface area (Å²) in [6.07, 6.45) is 0.841. The van der Waals surface area contributed by atoms with Crippen LogP contribution in [0, 0.1) is 0 Å². The molecule has 2 aromatic rings. The zero-order valence-electron chi connectivity index (χ0n) is 17.5. The van der Waals surface area contributed by atoms with Crippen LogP contribution in [0.3, 0.4) is 0 Å². The minimum absolute atomic E-state index is 0.149. The van der Waals surface area contributed by atoms with Gasteiger partial charge in [-0.15, -0.1) is 0 Å². The minimum atomic E-state index is -0.744. The van der Waals surface area contributed by atoms with Crippen LogP contribution in [-0.4, -0.2) is 37.0 Å². The largest absolute Gasteiger partial charge is 0.379 e. The molecule has 0 saturated carbocycles. The number of fused-ring (bicyclic) bond motifs is 1. The SMILES string of the molecule is CC(=O)Nc1ccc(N2C(=O)c3ccccc3[C@H]2C(=O)NCCCOC(C)C)cc1. The van der Waals surface area contributed by atoms with Gasteiger partial charge in [-0.25, -0.2) is 0 Å². The summed E-state index contributed by atoms with van der Waals surface area (Å²) in [5.41, 5.74) is 2.42. The van der Waals surface area contributed by atoms with Gasteiger partial charge < -0.3 is 15.4 Å². The fraction of sp³-hybridized carbons (Fsp3) is 0.348. The molecule has 3 rings (SSSR count). The summed E-state index contributed by atoms with van der Waals surface area (Å²) in [7, 11) is 0. The van der Waals surface area contributed by atoms with E-state index in [-0.39, 0.29) is 23.8 Å². The molecule has 7 heteroatoms. The van der Waals surface area contributed by atoms with E-state index in [0.717, 1.165) is 0 Å². The predicted octanol–water partition coefficient (Wildman–Crippen LogP) is 3.28. The summed E-state index contributed by atoms with van der Waals surface area (Å²) in [4.78, 5) is 38.9. The normalized spacial score (nSPS) is 15.3. The molecule has 30 heavy (non-hydrogen) atoms. The molecular weight excluding hydrogens is 382 g/mol. The lowest BCUT2D eigenvalue weighted by molar-refractivity contribution is -0.122. The molecule has 1 aliphatic rings. The molecule has 0 aliphatic carbocycles. The van der Waals surface area contributed by atoms with Crippen LogP contribution in [0.2, 0.25) is 0 Å². The highest BCUT2D eigenvalue weighted by molar-refractivity contribution is 6.15. The third-order valence-corrected chi connectivity index (χ3v) is 4.75. The molecule has 0 spiro atoms. The molecule has 0 bridgehead atoms. The first-order chi connectivity index (χ1) is 14.4. The Morgan fingerprint density at radius 3 is 2.47 bits per heavy atom. The first kappa shape index (κ1) is 21.5. The average molecular weight is 409 g/mol. The molecule has 7 nitrogen and oxygen atoms in total. The Balaban J connectivity index is 1.79. The van der Waals surface area contributed by atoms with Crippen molar-refractivity contribution in [2.24, 2.45) is 0 Å². The van der Waals surface area contributed by atoms with Crippen LogP contribution in [-0.2, 0) is 14.3 Å². The van der Waals surface area contributed by atoms with Gasteiger partial charge in [0.15, 0.2) is 0 Å². The molecule has 2 N–H and O–H groups in total. The fourth-order valence-electron chi connectivity index (χ4n) is 3.45. The van der Waals surface area contributed by atoms with Crippen molar-refractivity contribution in [1.29, 1.82) is 0 Å². The summed E-state index contributed by atoms with van der Waals surface area (Å²) >= 11 is 0. The summed E-state index contributed by atoms with van der Waals surface area (Å²) in [5, 5.41) is 5.63. The van der Waals surface area contributed by atoms with Crippen LogP contribution >= 0.6 is 0 Å². The second kappa shape index (κ2) is 9.54. The van der Waals surface area contributed by atoms with E-state index < -0.39 is 6.04 Å². The molecule has 1 atom stereocenters. The van der Waals surface area contributed by atoms with Gasteiger partial charge in [0.2, 0.25) is 11.8 Å². The first-order valence-electron chi connectivity index (χ1n) is 10.1. The van der Waals surface area contributed by atoms with Crippen molar-refractivity contribution in [2.45, 2.75) is 39.3 Å². The first-order valence-corrected chi connectivity index (χ1v) is 10.1. The number of anilines is 2. The Kier molecular flexibility index (Phi) is 6.84. The van der Waals surface area contributed by atoms with E-state index in [1.165, 1.54) is 11.8 Å². The van der Waals surface area contributed by atoms with Crippen LogP contribution in [0.25, 0.3) is 0 Å². The summed E-state index contributed by atoms with van der Waals surface area (Å²) in [6.45, 7) is 6.39. The van der Waals surface area contributed by atoms with E-state index in [9.17, 15) is 14.4 Å². The number of hydrogen-bond acceptors (Lipinski definition) is 4. The van der Waals surface area contributed by atoms with Crippen molar-refractivity contribution < 1.29 is 19.1 Å². The number of benzene rings is 2. The summed E-state index contributed by atoms with van der Waals surface area (Å²) < 4.78 is 5.51. The Morgan fingerprint density at radius 2 is 1.80 bits per heavy atom. The van der Waals surface area contributed by atoms with Crippen molar-refractivity contribution in [3.8, 4) is 0 Å². The highest BCUT2D eigenvalue weighted by Gasteiger charge is 2.41. The van der Waals surface area contributed by atoms with Gasteiger partial charge in [0.25, 0.3) is 5.91 Å². The van der Waals surface area contributed by atoms with E-state index in [0.29, 0.717) is 42.1 Å². The summed E-state index contributed by atoms with van der Waals surface area (Å²) in [6, 6.07) is 13.3. The van der Waals surface area contributed by atoms with Crippen molar-refractivity contribution >= 4 is 29.1 Å². The van der Waals surface area contributed by atoms with Gasteiger partial charge in [-0.05, 0) is 56.2 Å². The van der Waals surface area contributed by atoms with Gasteiger partial charge in [-0.2, -0.15) is 0 Å². The molecule has 0 radical (unpaired) electrons. The monoisotopic (exact) mass is 409 g/mol. The Labute approximate surface area is 176 Å². The number of nitrogens with zero attached hydrogens (tertiary/aromatic N) is 1. The topological polar surface area (TPSA) is 87.7 Å². The zero-order valence-corrected chi connectivity index (χ0v) is 17.5. The molecule has 0 unspecified atom stereocenters. The smallest absolute Gasteiger partial charge is 0.259 e. The lowest BCUT2D eigenvalue weighted by Gasteiger charge is -2.25. The number of carbonyl (C=O) groups is 3. The highest BCUT2D eigenvalue weighted by Crippen LogP contribution is 2.38. The molecule has 0 aromatic heterocycles. The standard InChI is InChI=1S/C23H27N3O4/c1-15(2)30-14-6-13-24-22(28)21-19-7-4-5-8-20(19)23(29)26(21)18-11-9-17(10-12-18)25-16(3)27/h4-5,7-12,15,21H,6,13-14H2,1-3H3,(H,24,28)(H,25,27)/t21-/m0/s1. The third kappa shape index (κ3) is 4.86. The molecule has 1 heterocycles. The average Bonchev–Trinajstić information content (AvgIpc) is 3.00. The fourth-order valence-corrected chi connectivity index (χ4v) is 3.45. The number of hydrogen-bond donors (Lipinski definition) is 2. The van der Waals surface area contributed by atoms with Crippen LogP contribution in [0.1, 0.15) is 49.2 Å². The van der Waals surface area contributed by atoms with Crippen molar-refractivity contribution in [3.05, 3.63) is 59.7 Å². The van der Waals surface area contributed by atoms with Crippen molar-refractivity contribution in [3.63, 3.8) is 0 Å². The predicted molar refractivity (Wildman–Crippen MR) is 115 cm³/mol. The molecule has 2 aromatic carbocycles. The number of amides is 3. The number of rotatable bonds is 8. The quantitative estimate of drug-likeness (QED) is 0.655. The van der Waals surface area contributed by atoms with E-state index >= 15 is 0 Å². The van der Waals surface area contributed by atoms with Crippen LogP contribution in [0.5, 0.6) is 0 Å². The van der Waals surface area contributed by atoms with E-state index in [2.05, 4.69) is 10.6 Å². The van der Waals surface area contributed by atoms with E-state index in [1.807, 2.05) is 26.0 Å². The van der Waals surface area contributed by atoms with Gasteiger partial charge in [-0.1, -0.05) is 18.2 Å². The summed E-state index contributed by atoms with van der Waals surface area (Å²) in [5.74, 6) is -0.629. The number of carbonyl (C=O) groups excluding carboxylic acids is 3. The van der Waals surface area contributed by atoms with Gasteiger partial charge >= 0.3 is 0 Å². The van der Waals surface area contributed by atoms with E-state index in [4.69, 9.17) is 4.74 Å². The van der Waals surface area contributed by atoms with Crippen LogP contribution < -0.4 is 15.5 Å². The Bertz CT molecular complexity index is 924. The highest BCUT2D eigenvalue weighted by atomic mass is 16.5. The maximum Gasteiger partial charge on any atom is 0.259 e. The van der Waals surface area contributed by atoms with Crippen LogP contribution in [0.4, 0.5) is 11.4 Å². The minimum Gasteiger partial charge on any atom is -0.379 e. The second-order valence-electron chi connectivity index (χ2n) is 7.46. The lowest BCUT2D eigenvalue weighted by Crippen LogP contribution is -2.39. The molecule has 1 aliphatic heterocycles. The second-order valence-corrected chi connectivity index (χ2v) is 7.46. The van der Waals surface area contributed by atoms with Gasteiger partial charge in [-0.3, -0.25) is 19.3 Å². The van der Waals surface area contributed by atoms with Gasteiger partial charge in [0, 0.05) is 37.0 Å². The lowest BCUT2D eigenvalue weighted by atomic mass is 10.0. The van der Waals surface area contributed by atoms with Crippen molar-refractivity contribution in [2.75, 3.05) is 23.4 Å². The third-order valence-electron chi connectivity index (χ3n) is 4.75. The van der Waals surface area contributed by atoms with Gasteiger partial charge in [0.05, 0.1) is 6.10 Å². The molecule has 3 amide bonds. The zero-order chi connectivity index (χ0) is 21.7. The molecule has 0 saturated heterocycles. The molecule has 0 fully saturated rings. The molecular formula is C23H27N3O4. The number of ether oxygens (including phenoxy) is 1.